The summed E-state index contributed by atoms with van der Waals surface area (Å²) in [5, 5.41) is 0. The topological polar surface area (TPSA) is 73.1 Å². The molecule has 2 rings (SSSR count). The normalized spacial score (nSPS) is 21.6. The fourth-order valence-corrected chi connectivity index (χ4v) is 2.89. The maximum Gasteiger partial charge on any atom is 0.312 e. The first-order chi connectivity index (χ1) is 10.2. The van der Waals surface area contributed by atoms with E-state index in [1.807, 2.05) is 0 Å². The lowest BCUT2D eigenvalue weighted by Crippen LogP contribution is -2.56. The monoisotopic (exact) mass is 297 g/mol. The van der Waals surface area contributed by atoms with Crippen LogP contribution in [-0.2, 0) is 9.59 Å². The average molecular weight is 297 g/mol. The third-order valence-corrected chi connectivity index (χ3v) is 4.39. The van der Waals surface area contributed by atoms with Crippen LogP contribution in [0.15, 0.2) is 0 Å². The fourth-order valence-electron chi connectivity index (χ4n) is 2.89. The molecule has 2 heterocycles. The van der Waals surface area contributed by atoms with Crippen molar-refractivity contribution < 1.29 is 9.59 Å². The molecule has 2 fully saturated rings. The number of piperazine rings is 2. The Morgan fingerprint density at radius 3 is 1.62 bits per heavy atom. The van der Waals surface area contributed by atoms with Crippen molar-refractivity contribution in [2.75, 3.05) is 72.0 Å². The maximum atomic E-state index is 12.3. The van der Waals surface area contributed by atoms with Crippen molar-refractivity contribution in [1.82, 2.24) is 19.6 Å². The minimum atomic E-state index is -0.340. The second-order valence-corrected chi connectivity index (χ2v) is 5.65. The molecule has 0 aliphatic carbocycles. The zero-order chi connectivity index (χ0) is 15.2. The van der Waals surface area contributed by atoms with E-state index in [4.69, 9.17) is 5.73 Å². The Balaban J connectivity index is 1.79. The van der Waals surface area contributed by atoms with Gasteiger partial charge in [0.05, 0.1) is 0 Å². The summed E-state index contributed by atoms with van der Waals surface area (Å²) in [4.78, 5) is 32.5. The van der Waals surface area contributed by atoms with Crippen LogP contribution in [-0.4, -0.2) is 103 Å². The summed E-state index contributed by atoms with van der Waals surface area (Å²) in [6.45, 7) is 10.5. The second kappa shape index (κ2) is 7.72. The van der Waals surface area contributed by atoms with Crippen LogP contribution in [0.3, 0.4) is 0 Å². The van der Waals surface area contributed by atoms with Crippen LogP contribution in [0.1, 0.15) is 6.92 Å². The predicted molar refractivity (Wildman–Crippen MR) is 80.8 cm³/mol. The van der Waals surface area contributed by atoms with E-state index in [0.29, 0.717) is 32.7 Å². The highest BCUT2D eigenvalue weighted by Crippen LogP contribution is 2.06. The van der Waals surface area contributed by atoms with Gasteiger partial charge in [0, 0.05) is 65.4 Å². The van der Waals surface area contributed by atoms with E-state index in [0.717, 1.165) is 39.3 Å². The number of nitrogens with zero attached hydrogens (tertiary/aromatic N) is 4. The van der Waals surface area contributed by atoms with Crippen molar-refractivity contribution in [3.05, 3.63) is 0 Å². The van der Waals surface area contributed by atoms with Gasteiger partial charge in [0.25, 0.3) is 0 Å². The van der Waals surface area contributed by atoms with Crippen molar-refractivity contribution in [3.63, 3.8) is 0 Å². The van der Waals surface area contributed by atoms with Crippen LogP contribution in [0.4, 0.5) is 0 Å². The Morgan fingerprint density at radius 1 is 0.810 bits per heavy atom. The molecule has 21 heavy (non-hydrogen) atoms. The molecule has 2 aliphatic heterocycles. The fraction of sp³-hybridized carbons (Fsp3) is 0.857. The van der Waals surface area contributed by atoms with E-state index in [9.17, 15) is 9.59 Å². The number of rotatable bonds is 3. The highest BCUT2D eigenvalue weighted by Gasteiger charge is 2.30. The molecule has 2 amide bonds. The van der Waals surface area contributed by atoms with Crippen LogP contribution < -0.4 is 5.73 Å². The molecule has 0 aromatic heterocycles. The van der Waals surface area contributed by atoms with Gasteiger partial charge in [-0.25, -0.2) is 0 Å². The summed E-state index contributed by atoms with van der Waals surface area (Å²) in [5.41, 5.74) is 5.54. The van der Waals surface area contributed by atoms with E-state index >= 15 is 0 Å². The van der Waals surface area contributed by atoms with Gasteiger partial charge in [0.15, 0.2) is 0 Å². The minimum Gasteiger partial charge on any atom is -0.332 e. The summed E-state index contributed by atoms with van der Waals surface area (Å²) in [5.74, 6) is -0.676. The predicted octanol–water partition coefficient (Wildman–Crippen LogP) is -1.75. The second-order valence-electron chi connectivity index (χ2n) is 5.65. The molecule has 120 valence electrons. The van der Waals surface area contributed by atoms with E-state index < -0.39 is 0 Å². The van der Waals surface area contributed by atoms with E-state index in [-0.39, 0.29) is 11.8 Å². The van der Waals surface area contributed by atoms with Crippen LogP contribution in [0, 0.1) is 0 Å². The van der Waals surface area contributed by atoms with Gasteiger partial charge in [0.1, 0.15) is 0 Å². The summed E-state index contributed by atoms with van der Waals surface area (Å²) in [6, 6.07) is 0. The molecule has 2 N–H and O–H groups in total. The number of nitrogens with two attached hydrogens (primary N) is 1. The number of carbonyl (C=O) groups is 2. The van der Waals surface area contributed by atoms with Gasteiger partial charge in [-0.05, 0) is 6.54 Å². The van der Waals surface area contributed by atoms with Crippen LogP contribution in [0.2, 0.25) is 0 Å². The first-order valence-electron chi connectivity index (χ1n) is 7.88. The number of hydrogen-bond donors (Lipinski definition) is 1. The van der Waals surface area contributed by atoms with Crippen molar-refractivity contribution in [3.8, 4) is 0 Å². The lowest BCUT2D eigenvalue weighted by Gasteiger charge is -2.37. The molecule has 0 unspecified atom stereocenters. The molecule has 7 nitrogen and oxygen atoms in total. The largest absolute Gasteiger partial charge is 0.332 e. The van der Waals surface area contributed by atoms with Gasteiger partial charge in [0.2, 0.25) is 0 Å². The molecule has 0 aromatic carbocycles. The van der Waals surface area contributed by atoms with Gasteiger partial charge < -0.3 is 20.4 Å². The average Bonchev–Trinajstić information content (AvgIpc) is 2.54. The minimum absolute atomic E-state index is 0.335. The summed E-state index contributed by atoms with van der Waals surface area (Å²) in [6.07, 6.45) is 0. The third-order valence-electron chi connectivity index (χ3n) is 4.39. The smallest absolute Gasteiger partial charge is 0.312 e. The molecular formula is C14H27N5O2. The first-order valence-corrected chi connectivity index (χ1v) is 7.88. The standard InChI is InChI=1S/C14H27N5O2/c1-2-16-5-9-18(10-6-16)13(20)14(21)19-11-7-17(4-3-15)8-12-19/h2-12,15H2,1H3. The summed E-state index contributed by atoms with van der Waals surface area (Å²) in [7, 11) is 0. The van der Waals surface area contributed by atoms with Gasteiger partial charge in [-0.15, -0.1) is 0 Å². The van der Waals surface area contributed by atoms with Gasteiger partial charge in [-0.1, -0.05) is 6.92 Å². The Labute approximate surface area is 126 Å². The molecule has 0 bridgehead atoms. The van der Waals surface area contributed by atoms with E-state index in [1.54, 1.807) is 9.80 Å². The molecule has 2 aliphatic rings. The Bertz CT molecular complexity index is 360. The van der Waals surface area contributed by atoms with Crippen LogP contribution in [0.25, 0.3) is 0 Å². The van der Waals surface area contributed by atoms with Crippen molar-refractivity contribution in [2.45, 2.75) is 6.92 Å². The van der Waals surface area contributed by atoms with Crippen LogP contribution in [0.5, 0.6) is 0 Å². The maximum absolute atomic E-state index is 12.3. The Morgan fingerprint density at radius 2 is 1.24 bits per heavy atom. The number of carbonyl (C=O) groups excluding carboxylic acids is 2. The number of likely N-dealkylation sites (N-methyl/N-ethyl adjacent to an activating group) is 1. The Kier molecular flexibility index (Phi) is 5.96. The SMILES string of the molecule is CCN1CCN(C(=O)C(=O)N2CCN(CCN)CC2)CC1. The molecule has 0 radical (unpaired) electrons. The van der Waals surface area contributed by atoms with E-state index in [2.05, 4.69) is 16.7 Å². The molecule has 0 atom stereocenters. The van der Waals surface area contributed by atoms with E-state index in [1.165, 1.54) is 0 Å². The molecule has 0 spiro atoms. The van der Waals surface area contributed by atoms with Gasteiger partial charge in [-0.3, -0.25) is 14.5 Å². The zero-order valence-corrected chi connectivity index (χ0v) is 13.0. The molecular weight excluding hydrogens is 270 g/mol. The molecule has 0 aromatic rings. The van der Waals surface area contributed by atoms with Crippen molar-refractivity contribution in [1.29, 1.82) is 0 Å². The Hall–Kier alpha value is -1.18. The zero-order valence-electron chi connectivity index (χ0n) is 13.0. The molecule has 0 saturated carbocycles. The summed E-state index contributed by atoms with van der Waals surface area (Å²) < 4.78 is 0. The van der Waals surface area contributed by atoms with Gasteiger partial charge >= 0.3 is 11.8 Å². The van der Waals surface area contributed by atoms with Crippen LogP contribution >= 0.6 is 0 Å². The summed E-state index contributed by atoms with van der Waals surface area (Å²) >= 11 is 0. The lowest BCUT2D eigenvalue weighted by molar-refractivity contribution is -0.153. The van der Waals surface area contributed by atoms with Crippen molar-refractivity contribution >= 4 is 11.8 Å². The third kappa shape index (κ3) is 4.15. The lowest BCUT2D eigenvalue weighted by atomic mass is 10.2. The number of hydrogen-bond acceptors (Lipinski definition) is 5. The quantitative estimate of drug-likeness (QED) is 0.626. The highest BCUT2D eigenvalue weighted by molar-refractivity contribution is 6.34. The highest BCUT2D eigenvalue weighted by atomic mass is 16.2. The van der Waals surface area contributed by atoms with Gasteiger partial charge in [-0.2, -0.15) is 0 Å². The first kappa shape index (κ1) is 16.2. The van der Waals surface area contributed by atoms with Crippen molar-refractivity contribution in [2.24, 2.45) is 5.73 Å². The molecule has 2 saturated heterocycles. The number of amides is 2. The molecule has 7 heteroatoms.